The molecule has 0 unspecified atom stereocenters. The van der Waals surface area contributed by atoms with Crippen LogP contribution in [0.15, 0.2) is 42.6 Å². The molecule has 19 heavy (non-hydrogen) atoms. The number of nitrogens with one attached hydrogen (secondary N) is 1. The molecule has 2 rings (SSSR count). The van der Waals surface area contributed by atoms with Crippen LogP contribution in [0, 0.1) is 6.92 Å². The fourth-order valence-electron chi connectivity index (χ4n) is 1.66. The monoisotopic (exact) mass is 255 g/mol. The minimum Gasteiger partial charge on any atom is -0.366 e. The molecule has 0 saturated carbocycles. The minimum absolute atomic E-state index is 0.273. The Balaban J connectivity index is 2.31. The highest BCUT2D eigenvalue weighted by Gasteiger charge is 2.12. The molecule has 96 valence electrons. The van der Waals surface area contributed by atoms with Crippen molar-refractivity contribution in [1.29, 1.82) is 0 Å². The van der Waals surface area contributed by atoms with Crippen molar-refractivity contribution in [3.05, 3.63) is 59.4 Å². The standard InChI is InChI=1S/C14H13N3O2/c1-9-5-6-10(13(15)18)12(8-9)17-14(19)11-4-2-3-7-16-11/h2-8H,1H3,(H2,15,18)(H,17,19). The van der Waals surface area contributed by atoms with Crippen molar-refractivity contribution in [2.24, 2.45) is 5.73 Å². The summed E-state index contributed by atoms with van der Waals surface area (Å²) in [5.74, 6) is -0.968. The van der Waals surface area contributed by atoms with Gasteiger partial charge in [-0.05, 0) is 36.8 Å². The number of rotatable bonds is 3. The molecule has 1 aromatic carbocycles. The summed E-state index contributed by atoms with van der Waals surface area (Å²) in [6.45, 7) is 1.86. The molecule has 0 aliphatic heterocycles. The van der Waals surface area contributed by atoms with Crippen molar-refractivity contribution < 1.29 is 9.59 Å². The number of amides is 2. The molecule has 0 saturated heterocycles. The van der Waals surface area contributed by atoms with Crippen LogP contribution in [0.2, 0.25) is 0 Å². The number of pyridine rings is 1. The van der Waals surface area contributed by atoms with E-state index < -0.39 is 5.91 Å². The second-order valence-corrected chi connectivity index (χ2v) is 4.08. The number of hydrogen-bond donors (Lipinski definition) is 2. The molecular formula is C14H13N3O2. The van der Waals surface area contributed by atoms with Crippen molar-refractivity contribution >= 4 is 17.5 Å². The predicted molar refractivity (Wildman–Crippen MR) is 71.9 cm³/mol. The maximum absolute atomic E-state index is 12.0. The van der Waals surface area contributed by atoms with Crippen molar-refractivity contribution in [1.82, 2.24) is 4.98 Å². The van der Waals surface area contributed by atoms with Gasteiger partial charge in [0.05, 0.1) is 11.3 Å². The van der Waals surface area contributed by atoms with Gasteiger partial charge in [-0.15, -0.1) is 0 Å². The van der Waals surface area contributed by atoms with E-state index in [1.54, 1.807) is 36.4 Å². The summed E-state index contributed by atoms with van der Waals surface area (Å²) < 4.78 is 0. The fraction of sp³-hybridized carbons (Fsp3) is 0.0714. The minimum atomic E-state index is -0.587. The zero-order valence-electron chi connectivity index (χ0n) is 10.4. The fourth-order valence-corrected chi connectivity index (χ4v) is 1.66. The number of nitrogens with zero attached hydrogens (tertiary/aromatic N) is 1. The van der Waals surface area contributed by atoms with Gasteiger partial charge in [0.1, 0.15) is 5.69 Å². The number of aromatic nitrogens is 1. The van der Waals surface area contributed by atoms with E-state index in [-0.39, 0.29) is 17.2 Å². The van der Waals surface area contributed by atoms with Gasteiger partial charge < -0.3 is 11.1 Å². The second-order valence-electron chi connectivity index (χ2n) is 4.08. The van der Waals surface area contributed by atoms with Gasteiger partial charge in [0.2, 0.25) is 0 Å². The van der Waals surface area contributed by atoms with Crippen molar-refractivity contribution in [2.45, 2.75) is 6.92 Å². The topological polar surface area (TPSA) is 85.1 Å². The highest BCUT2D eigenvalue weighted by molar-refractivity contribution is 6.07. The molecule has 1 aromatic heterocycles. The molecule has 5 heteroatoms. The molecule has 0 aliphatic rings. The summed E-state index contributed by atoms with van der Waals surface area (Å²) in [6.07, 6.45) is 1.53. The van der Waals surface area contributed by atoms with E-state index in [1.807, 2.05) is 6.92 Å². The van der Waals surface area contributed by atoms with Crippen LogP contribution in [0.5, 0.6) is 0 Å². The Hall–Kier alpha value is -2.69. The lowest BCUT2D eigenvalue weighted by Crippen LogP contribution is -2.19. The normalized spacial score (nSPS) is 9.95. The zero-order valence-corrected chi connectivity index (χ0v) is 10.4. The highest BCUT2D eigenvalue weighted by atomic mass is 16.2. The third kappa shape index (κ3) is 2.95. The molecule has 0 spiro atoms. The van der Waals surface area contributed by atoms with Crippen LogP contribution >= 0.6 is 0 Å². The Bertz CT molecular complexity index is 624. The van der Waals surface area contributed by atoms with Gasteiger partial charge in [-0.1, -0.05) is 12.1 Å². The van der Waals surface area contributed by atoms with E-state index in [0.717, 1.165) is 5.56 Å². The lowest BCUT2D eigenvalue weighted by atomic mass is 10.1. The number of hydrogen-bond acceptors (Lipinski definition) is 3. The largest absolute Gasteiger partial charge is 0.366 e. The van der Waals surface area contributed by atoms with Crippen LogP contribution in [-0.4, -0.2) is 16.8 Å². The Morgan fingerprint density at radius 3 is 2.63 bits per heavy atom. The number of benzene rings is 1. The van der Waals surface area contributed by atoms with Gasteiger partial charge in [-0.25, -0.2) is 0 Å². The Morgan fingerprint density at radius 1 is 1.21 bits per heavy atom. The summed E-state index contributed by atoms with van der Waals surface area (Å²) in [5, 5.41) is 2.65. The van der Waals surface area contributed by atoms with E-state index in [9.17, 15) is 9.59 Å². The Kier molecular flexibility index (Phi) is 3.56. The van der Waals surface area contributed by atoms with Crippen LogP contribution in [0.1, 0.15) is 26.4 Å². The number of aryl methyl sites for hydroxylation is 1. The van der Waals surface area contributed by atoms with Crippen LogP contribution < -0.4 is 11.1 Å². The molecule has 5 nitrogen and oxygen atoms in total. The molecule has 2 aromatic rings. The Morgan fingerprint density at radius 2 is 2.00 bits per heavy atom. The van der Waals surface area contributed by atoms with Gasteiger partial charge in [0, 0.05) is 6.20 Å². The van der Waals surface area contributed by atoms with Crippen molar-refractivity contribution in [2.75, 3.05) is 5.32 Å². The first-order valence-electron chi connectivity index (χ1n) is 5.71. The van der Waals surface area contributed by atoms with E-state index in [4.69, 9.17) is 5.73 Å². The SMILES string of the molecule is Cc1ccc(C(N)=O)c(NC(=O)c2ccccn2)c1. The lowest BCUT2D eigenvalue weighted by molar-refractivity contribution is 0.100. The first-order chi connectivity index (χ1) is 9.08. The van der Waals surface area contributed by atoms with Crippen LogP contribution in [0.25, 0.3) is 0 Å². The summed E-state index contributed by atoms with van der Waals surface area (Å²) in [5.41, 5.74) is 7.13. The molecule has 0 radical (unpaired) electrons. The molecule has 3 N–H and O–H groups in total. The molecule has 0 bridgehead atoms. The second kappa shape index (κ2) is 5.30. The molecule has 1 heterocycles. The summed E-state index contributed by atoms with van der Waals surface area (Å²) in [7, 11) is 0. The summed E-state index contributed by atoms with van der Waals surface area (Å²) in [4.78, 5) is 27.2. The first kappa shape index (κ1) is 12.8. The highest BCUT2D eigenvalue weighted by Crippen LogP contribution is 2.17. The smallest absolute Gasteiger partial charge is 0.274 e. The number of carbonyl (C=O) groups excluding carboxylic acids is 2. The van der Waals surface area contributed by atoms with Crippen molar-refractivity contribution in [3.63, 3.8) is 0 Å². The number of carbonyl (C=O) groups is 2. The van der Waals surface area contributed by atoms with Crippen LogP contribution in [0.3, 0.4) is 0 Å². The van der Waals surface area contributed by atoms with Crippen molar-refractivity contribution in [3.8, 4) is 0 Å². The number of nitrogens with two attached hydrogens (primary N) is 1. The van der Waals surface area contributed by atoms with Gasteiger partial charge >= 0.3 is 0 Å². The van der Waals surface area contributed by atoms with E-state index >= 15 is 0 Å². The van der Waals surface area contributed by atoms with Gasteiger partial charge in [0.25, 0.3) is 11.8 Å². The third-order valence-electron chi connectivity index (χ3n) is 2.59. The maximum Gasteiger partial charge on any atom is 0.274 e. The van der Waals surface area contributed by atoms with Crippen LogP contribution in [0.4, 0.5) is 5.69 Å². The first-order valence-corrected chi connectivity index (χ1v) is 5.71. The predicted octanol–water partition coefficient (Wildman–Crippen LogP) is 1.74. The zero-order chi connectivity index (χ0) is 13.8. The van der Waals surface area contributed by atoms with Gasteiger partial charge in [-0.2, -0.15) is 0 Å². The summed E-state index contributed by atoms with van der Waals surface area (Å²) >= 11 is 0. The summed E-state index contributed by atoms with van der Waals surface area (Å²) in [6, 6.07) is 10.1. The molecule has 2 amide bonds. The number of anilines is 1. The van der Waals surface area contributed by atoms with Crippen LogP contribution in [-0.2, 0) is 0 Å². The number of primary amides is 1. The van der Waals surface area contributed by atoms with Gasteiger partial charge in [-0.3, -0.25) is 14.6 Å². The Labute approximate surface area is 110 Å². The van der Waals surface area contributed by atoms with E-state index in [2.05, 4.69) is 10.3 Å². The average molecular weight is 255 g/mol. The molecule has 0 aliphatic carbocycles. The van der Waals surface area contributed by atoms with E-state index in [1.165, 1.54) is 6.20 Å². The van der Waals surface area contributed by atoms with E-state index in [0.29, 0.717) is 5.69 Å². The van der Waals surface area contributed by atoms with Gasteiger partial charge in [0.15, 0.2) is 0 Å². The maximum atomic E-state index is 12.0. The quantitative estimate of drug-likeness (QED) is 0.876. The lowest BCUT2D eigenvalue weighted by Gasteiger charge is -2.09. The third-order valence-corrected chi connectivity index (χ3v) is 2.59. The molecular weight excluding hydrogens is 242 g/mol. The average Bonchev–Trinajstić information content (AvgIpc) is 2.39. The molecule has 0 fully saturated rings. The molecule has 0 atom stereocenters.